The Morgan fingerprint density at radius 3 is 3.07 bits per heavy atom. The molecular weight excluding hydrogens is 210 g/mol. The first-order chi connectivity index (χ1) is 7.20. The van der Waals surface area contributed by atoms with Gasteiger partial charge in [-0.25, -0.2) is 9.78 Å². The van der Waals surface area contributed by atoms with Crippen molar-refractivity contribution in [2.75, 3.05) is 6.61 Å². The van der Waals surface area contributed by atoms with E-state index in [-0.39, 0.29) is 5.97 Å². The van der Waals surface area contributed by atoms with Crippen LogP contribution < -0.4 is 0 Å². The van der Waals surface area contributed by atoms with Gasteiger partial charge in [-0.05, 0) is 31.5 Å². The van der Waals surface area contributed by atoms with Crippen molar-refractivity contribution in [2.24, 2.45) is 0 Å². The molecule has 0 unspecified atom stereocenters. The van der Waals surface area contributed by atoms with Crippen molar-refractivity contribution >= 4 is 27.5 Å². The van der Waals surface area contributed by atoms with E-state index in [1.165, 1.54) is 11.3 Å². The number of hydrogen-bond donors (Lipinski definition) is 0. The van der Waals surface area contributed by atoms with Crippen LogP contribution >= 0.6 is 11.3 Å². The Balaban J connectivity index is 2.42. The second kappa shape index (κ2) is 3.98. The Kier molecular flexibility index (Phi) is 2.68. The van der Waals surface area contributed by atoms with Crippen LogP contribution in [0.15, 0.2) is 18.2 Å². The van der Waals surface area contributed by atoms with Gasteiger partial charge in [0.15, 0.2) is 0 Å². The van der Waals surface area contributed by atoms with E-state index < -0.39 is 0 Å². The maximum absolute atomic E-state index is 11.4. The molecule has 0 bridgehead atoms. The second-order valence-electron chi connectivity index (χ2n) is 3.21. The lowest BCUT2D eigenvalue weighted by Crippen LogP contribution is -2.03. The van der Waals surface area contributed by atoms with Crippen LogP contribution in [0.1, 0.15) is 22.3 Å². The normalized spacial score (nSPS) is 10.5. The Hall–Kier alpha value is -1.42. The highest BCUT2D eigenvalue weighted by Crippen LogP contribution is 2.23. The number of ether oxygens (including phenoxy) is 1. The van der Waals surface area contributed by atoms with Gasteiger partial charge in [0.25, 0.3) is 0 Å². The van der Waals surface area contributed by atoms with Crippen LogP contribution in [0, 0.1) is 6.92 Å². The summed E-state index contributed by atoms with van der Waals surface area (Å²) in [5.74, 6) is -0.337. The monoisotopic (exact) mass is 221 g/mol. The molecule has 0 aliphatic carbocycles. The minimum atomic E-state index is -0.337. The number of benzene rings is 1. The third-order valence-corrected chi connectivity index (χ3v) is 3.01. The van der Waals surface area contributed by atoms with E-state index in [2.05, 4.69) is 4.98 Å². The molecule has 1 aromatic carbocycles. The van der Waals surface area contributed by atoms with Crippen molar-refractivity contribution in [1.82, 2.24) is 4.98 Å². The van der Waals surface area contributed by atoms with Gasteiger partial charge in [0, 0.05) is 0 Å². The van der Waals surface area contributed by atoms with Gasteiger partial charge < -0.3 is 4.74 Å². The first-order valence-corrected chi connectivity index (χ1v) is 5.56. The number of carbonyl (C=O) groups excluding carboxylic acids is 1. The molecule has 0 spiro atoms. The minimum absolute atomic E-state index is 0.337. The quantitative estimate of drug-likeness (QED) is 0.732. The zero-order valence-electron chi connectivity index (χ0n) is 8.61. The van der Waals surface area contributed by atoms with Crippen LogP contribution in [-0.4, -0.2) is 17.6 Å². The smallest absolute Gasteiger partial charge is 0.367 e. The molecule has 1 aromatic heterocycles. The standard InChI is InChI=1S/C11H11NO2S/c1-3-14-11(13)10-12-8-6-7(2)4-5-9(8)15-10/h4-6H,3H2,1-2H3. The first-order valence-electron chi connectivity index (χ1n) is 4.75. The predicted octanol–water partition coefficient (Wildman–Crippen LogP) is 2.78. The number of rotatable bonds is 2. The van der Waals surface area contributed by atoms with Crippen molar-refractivity contribution in [2.45, 2.75) is 13.8 Å². The molecule has 0 radical (unpaired) electrons. The number of fused-ring (bicyclic) bond motifs is 1. The summed E-state index contributed by atoms with van der Waals surface area (Å²) in [4.78, 5) is 15.7. The average molecular weight is 221 g/mol. The summed E-state index contributed by atoms with van der Waals surface area (Å²) >= 11 is 1.37. The molecule has 4 heteroatoms. The van der Waals surface area contributed by atoms with E-state index in [0.29, 0.717) is 11.6 Å². The highest BCUT2D eigenvalue weighted by Gasteiger charge is 2.12. The summed E-state index contributed by atoms with van der Waals surface area (Å²) in [6.07, 6.45) is 0. The van der Waals surface area contributed by atoms with Crippen molar-refractivity contribution in [3.63, 3.8) is 0 Å². The summed E-state index contributed by atoms with van der Waals surface area (Å²) in [6.45, 7) is 4.17. The Labute approximate surface area is 91.7 Å². The second-order valence-corrected chi connectivity index (χ2v) is 4.24. The van der Waals surface area contributed by atoms with Gasteiger partial charge in [-0.15, -0.1) is 11.3 Å². The number of aryl methyl sites for hydroxylation is 1. The van der Waals surface area contributed by atoms with Crippen molar-refractivity contribution in [1.29, 1.82) is 0 Å². The average Bonchev–Trinajstić information content (AvgIpc) is 2.60. The number of nitrogens with zero attached hydrogens (tertiary/aromatic N) is 1. The number of hydrogen-bond acceptors (Lipinski definition) is 4. The Bertz CT molecular complexity index is 504. The lowest BCUT2D eigenvalue weighted by Gasteiger charge is -1.94. The summed E-state index contributed by atoms with van der Waals surface area (Å²) in [5, 5.41) is 0.428. The third-order valence-electron chi connectivity index (χ3n) is 1.99. The number of thiazole rings is 1. The molecule has 0 atom stereocenters. The minimum Gasteiger partial charge on any atom is -0.461 e. The molecule has 0 N–H and O–H groups in total. The van der Waals surface area contributed by atoms with Crippen molar-refractivity contribution in [3.05, 3.63) is 28.8 Å². The summed E-state index contributed by atoms with van der Waals surface area (Å²) in [5.41, 5.74) is 2.01. The fraction of sp³-hybridized carbons (Fsp3) is 0.273. The van der Waals surface area contributed by atoms with Crippen LogP contribution in [0.25, 0.3) is 10.2 Å². The molecule has 3 nitrogen and oxygen atoms in total. The molecule has 0 saturated heterocycles. The molecule has 2 rings (SSSR count). The topological polar surface area (TPSA) is 39.2 Å². The number of aromatic nitrogens is 1. The van der Waals surface area contributed by atoms with E-state index in [1.807, 2.05) is 25.1 Å². The largest absolute Gasteiger partial charge is 0.461 e. The number of carbonyl (C=O) groups is 1. The fourth-order valence-corrected chi connectivity index (χ4v) is 2.16. The molecule has 0 saturated carbocycles. The number of esters is 1. The lowest BCUT2D eigenvalue weighted by molar-refractivity contribution is 0.0526. The molecule has 78 valence electrons. The molecule has 0 aliphatic rings. The van der Waals surface area contributed by atoms with Crippen LogP contribution in [-0.2, 0) is 4.74 Å². The van der Waals surface area contributed by atoms with Crippen molar-refractivity contribution in [3.8, 4) is 0 Å². The van der Waals surface area contributed by atoms with Crippen LogP contribution in [0.5, 0.6) is 0 Å². The highest BCUT2D eigenvalue weighted by molar-refractivity contribution is 7.20. The van der Waals surface area contributed by atoms with Crippen molar-refractivity contribution < 1.29 is 9.53 Å². The summed E-state index contributed by atoms with van der Waals surface area (Å²) in [6, 6.07) is 5.95. The van der Waals surface area contributed by atoms with Gasteiger partial charge in [0.05, 0.1) is 16.8 Å². The lowest BCUT2D eigenvalue weighted by atomic mass is 10.2. The van der Waals surface area contributed by atoms with Crippen LogP contribution in [0.2, 0.25) is 0 Å². The van der Waals surface area contributed by atoms with Gasteiger partial charge in [0.1, 0.15) is 0 Å². The van der Waals surface area contributed by atoms with E-state index >= 15 is 0 Å². The first kappa shape index (κ1) is 10.1. The van der Waals surface area contributed by atoms with Gasteiger partial charge >= 0.3 is 5.97 Å². The van der Waals surface area contributed by atoms with E-state index in [9.17, 15) is 4.79 Å². The molecule has 0 fully saturated rings. The van der Waals surface area contributed by atoms with E-state index in [4.69, 9.17) is 4.74 Å². The van der Waals surface area contributed by atoms with Gasteiger partial charge in [-0.2, -0.15) is 0 Å². The highest BCUT2D eigenvalue weighted by atomic mass is 32.1. The van der Waals surface area contributed by atoms with Crippen LogP contribution in [0.4, 0.5) is 0 Å². The fourth-order valence-electron chi connectivity index (χ4n) is 1.32. The van der Waals surface area contributed by atoms with Gasteiger partial charge in [0.2, 0.25) is 5.01 Å². The summed E-state index contributed by atoms with van der Waals surface area (Å²) < 4.78 is 5.91. The van der Waals surface area contributed by atoms with E-state index in [0.717, 1.165) is 15.8 Å². The Morgan fingerprint density at radius 2 is 2.33 bits per heavy atom. The van der Waals surface area contributed by atoms with Gasteiger partial charge in [-0.3, -0.25) is 0 Å². The molecule has 15 heavy (non-hydrogen) atoms. The molecule has 0 amide bonds. The third kappa shape index (κ3) is 1.99. The Morgan fingerprint density at radius 1 is 1.53 bits per heavy atom. The van der Waals surface area contributed by atoms with E-state index in [1.54, 1.807) is 6.92 Å². The predicted molar refractivity (Wildman–Crippen MR) is 60.3 cm³/mol. The molecule has 1 heterocycles. The molecule has 2 aromatic rings. The summed E-state index contributed by atoms with van der Waals surface area (Å²) in [7, 11) is 0. The molecular formula is C11H11NO2S. The van der Waals surface area contributed by atoms with Gasteiger partial charge in [-0.1, -0.05) is 6.07 Å². The SMILES string of the molecule is CCOC(=O)c1nc2cc(C)ccc2s1. The molecule has 0 aliphatic heterocycles. The van der Waals surface area contributed by atoms with Crippen LogP contribution in [0.3, 0.4) is 0 Å². The zero-order chi connectivity index (χ0) is 10.8. The zero-order valence-corrected chi connectivity index (χ0v) is 9.43. The maximum atomic E-state index is 11.4. The maximum Gasteiger partial charge on any atom is 0.367 e.